The number of hydrogen-bond donors (Lipinski definition) is 5. The zero-order chi connectivity index (χ0) is 31.8. The van der Waals surface area contributed by atoms with E-state index in [1.807, 2.05) is 59.5 Å². The van der Waals surface area contributed by atoms with Gasteiger partial charge in [0.25, 0.3) is 0 Å². The highest BCUT2D eigenvalue weighted by molar-refractivity contribution is 6.32. The molecule has 12 heteroatoms. The molecule has 1 saturated carbocycles. The molecule has 2 fully saturated rings. The summed E-state index contributed by atoms with van der Waals surface area (Å²) in [5.41, 5.74) is 2.26. The van der Waals surface area contributed by atoms with E-state index in [-0.39, 0.29) is 6.03 Å². The number of nitrogens with one attached hydrogen (secondary N) is 4. The van der Waals surface area contributed by atoms with E-state index in [2.05, 4.69) is 36.3 Å². The van der Waals surface area contributed by atoms with Gasteiger partial charge < -0.3 is 36.9 Å². The van der Waals surface area contributed by atoms with Crippen molar-refractivity contribution in [3.05, 3.63) is 54.6 Å². The molecule has 1 saturated heterocycles. The summed E-state index contributed by atoms with van der Waals surface area (Å²) >= 11 is 0. The van der Waals surface area contributed by atoms with Crippen molar-refractivity contribution in [3.63, 3.8) is 0 Å². The second-order valence-electron chi connectivity index (χ2n) is 11.9. The Labute approximate surface area is 272 Å². The summed E-state index contributed by atoms with van der Waals surface area (Å²) < 4.78 is 0. The molecule has 46 heavy (non-hydrogen) atoms. The van der Waals surface area contributed by atoms with Crippen molar-refractivity contribution in [2.24, 2.45) is 15.9 Å². The highest BCUT2D eigenvalue weighted by Crippen LogP contribution is 2.26. The molecule has 1 aliphatic carbocycles. The first-order valence-corrected chi connectivity index (χ1v) is 16.8. The van der Waals surface area contributed by atoms with E-state index in [1.165, 1.54) is 32.1 Å². The first-order valence-electron chi connectivity index (χ1n) is 16.8. The third kappa shape index (κ3) is 10.1. The molecule has 0 unspecified atom stereocenters. The number of hydrazone groups is 1. The Bertz CT molecular complexity index is 1420. The van der Waals surface area contributed by atoms with Crippen molar-refractivity contribution in [1.29, 1.82) is 0 Å². The van der Waals surface area contributed by atoms with E-state index in [9.17, 15) is 4.79 Å². The van der Waals surface area contributed by atoms with Crippen molar-refractivity contribution in [3.8, 4) is 0 Å². The van der Waals surface area contributed by atoms with Crippen LogP contribution in [-0.4, -0.2) is 97.8 Å². The lowest BCUT2D eigenvalue weighted by atomic mass is 9.95. The number of urea groups is 1. The van der Waals surface area contributed by atoms with Gasteiger partial charge in [-0.3, -0.25) is 4.99 Å². The number of aromatic nitrogens is 2. The van der Waals surface area contributed by atoms with Gasteiger partial charge in [-0.25, -0.2) is 9.78 Å². The van der Waals surface area contributed by atoms with E-state index < -0.39 is 0 Å². The minimum atomic E-state index is -0.0927. The van der Waals surface area contributed by atoms with Crippen LogP contribution in [0, 0.1) is 0 Å². The van der Waals surface area contributed by atoms with Gasteiger partial charge in [0.1, 0.15) is 5.82 Å². The molecule has 6 N–H and O–H groups in total. The molecule has 2 aromatic carbocycles. The van der Waals surface area contributed by atoms with E-state index in [0.717, 1.165) is 60.9 Å². The summed E-state index contributed by atoms with van der Waals surface area (Å²) in [6.45, 7) is 6.63. The molecule has 1 aromatic heterocycles. The number of anilines is 3. The first kappa shape index (κ1) is 33.1. The van der Waals surface area contributed by atoms with Gasteiger partial charge in [-0.1, -0.05) is 49.6 Å². The fourth-order valence-corrected chi connectivity index (χ4v) is 5.94. The van der Waals surface area contributed by atoms with Crippen molar-refractivity contribution >= 4 is 46.3 Å². The molecular formula is C34H49N11O. The van der Waals surface area contributed by atoms with Gasteiger partial charge in [-0.05, 0) is 69.6 Å². The van der Waals surface area contributed by atoms with Crippen molar-refractivity contribution in [2.75, 3.05) is 74.4 Å². The Morgan fingerprint density at radius 3 is 2.48 bits per heavy atom. The molecule has 1 aliphatic heterocycles. The second-order valence-corrected chi connectivity index (χ2v) is 11.9. The Morgan fingerprint density at radius 2 is 1.67 bits per heavy atom. The molecule has 2 heterocycles. The van der Waals surface area contributed by atoms with Crippen molar-refractivity contribution < 1.29 is 4.79 Å². The molecule has 3 aromatic rings. The number of rotatable bonds is 15. The fourth-order valence-electron chi connectivity index (χ4n) is 5.94. The van der Waals surface area contributed by atoms with Gasteiger partial charge in [0.15, 0.2) is 0 Å². The van der Waals surface area contributed by atoms with E-state index in [0.29, 0.717) is 50.9 Å². The third-order valence-corrected chi connectivity index (χ3v) is 8.52. The number of nitrogens with two attached hydrogens (primary N) is 1. The van der Waals surface area contributed by atoms with Crippen LogP contribution >= 0.6 is 0 Å². The second kappa shape index (κ2) is 18.0. The zero-order valence-electron chi connectivity index (χ0n) is 26.8. The number of amides is 2. The lowest BCUT2D eigenvalue weighted by molar-refractivity contribution is 0.208. The predicted octanol–water partition coefficient (Wildman–Crippen LogP) is 4.07. The van der Waals surface area contributed by atoms with Gasteiger partial charge in [0, 0.05) is 56.1 Å². The van der Waals surface area contributed by atoms with Gasteiger partial charge in [-0.15, -0.1) is 0 Å². The number of nitrogens with zero attached hydrogens (tertiary/aromatic N) is 6. The summed E-state index contributed by atoms with van der Waals surface area (Å²) in [4.78, 5) is 31.0. The Morgan fingerprint density at radius 1 is 0.913 bits per heavy atom. The quantitative estimate of drug-likeness (QED) is 0.0733. The van der Waals surface area contributed by atoms with Gasteiger partial charge in [0.2, 0.25) is 5.95 Å². The topological polar surface area (TPSA) is 148 Å². The molecule has 0 spiro atoms. The predicted molar refractivity (Wildman–Crippen MR) is 189 cm³/mol. The van der Waals surface area contributed by atoms with Crippen molar-refractivity contribution in [2.45, 2.75) is 51.0 Å². The standard InChI is InChI=1S/C34H49N11O/c35-43-29(25-37-19-9-17-36-18-10-20-38-27-11-3-1-4-12-27)26-39-33-41-31-16-8-7-15-30(31)32(42-33)44-21-23-45(24-22-44)34(46)40-28-13-5-2-6-14-28/h2,5-8,13-16,25,27,36,38H,1,3-4,9-12,17-24,26,35H2,(H,40,46)(H,39,41,42). The largest absolute Gasteiger partial charge is 0.352 e. The minimum Gasteiger partial charge on any atom is -0.352 e. The van der Waals surface area contributed by atoms with Crippen LogP contribution in [0.4, 0.5) is 22.2 Å². The van der Waals surface area contributed by atoms with Crippen LogP contribution in [0.25, 0.3) is 10.9 Å². The average molecular weight is 628 g/mol. The molecule has 2 aliphatic rings. The van der Waals surface area contributed by atoms with Crippen LogP contribution in [0.2, 0.25) is 0 Å². The summed E-state index contributed by atoms with van der Waals surface area (Å²) in [6, 6.07) is 18.1. The Hall–Kier alpha value is -4.29. The number of benzene rings is 2. The number of piperazine rings is 1. The molecule has 0 bridgehead atoms. The lowest BCUT2D eigenvalue weighted by Gasteiger charge is -2.35. The number of carbonyl (C=O) groups excluding carboxylic acids is 1. The average Bonchev–Trinajstić information content (AvgIpc) is 3.11. The van der Waals surface area contributed by atoms with Crippen molar-refractivity contribution in [1.82, 2.24) is 25.5 Å². The van der Waals surface area contributed by atoms with Crippen LogP contribution < -0.4 is 32.0 Å². The molecule has 246 valence electrons. The number of fused-ring (bicyclic) bond motifs is 1. The zero-order valence-corrected chi connectivity index (χ0v) is 26.8. The number of carbonyl (C=O) groups is 1. The van der Waals surface area contributed by atoms with Crippen LogP contribution in [0.15, 0.2) is 64.7 Å². The monoisotopic (exact) mass is 627 g/mol. The maximum atomic E-state index is 12.8. The fraction of sp³-hybridized carbons (Fsp3) is 0.500. The summed E-state index contributed by atoms with van der Waals surface area (Å²) in [6.07, 6.45) is 10.6. The van der Waals surface area contributed by atoms with Crippen LogP contribution in [0.3, 0.4) is 0 Å². The minimum absolute atomic E-state index is 0.0927. The summed E-state index contributed by atoms with van der Waals surface area (Å²) in [7, 11) is 0. The number of hydrogen-bond acceptors (Lipinski definition) is 10. The molecule has 5 rings (SSSR count). The maximum absolute atomic E-state index is 12.8. The van der Waals surface area contributed by atoms with Gasteiger partial charge >= 0.3 is 6.03 Å². The van der Waals surface area contributed by atoms with E-state index in [4.69, 9.17) is 15.8 Å². The smallest absolute Gasteiger partial charge is 0.321 e. The van der Waals surface area contributed by atoms with Crippen LogP contribution in [-0.2, 0) is 0 Å². The summed E-state index contributed by atoms with van der Waals surface area (Å²) in [5.74, 6) is 7.01. The highest BCUT2D eigenvalue weighted by Gasteiger charge is 2.24. The SMILES string of the molecule is NN=C(C=NCCCNCCCNC1CCCCC1)CNc1nc(N2CCN(C(=O)Nc3ccccc3)CC2)c2ccccc2n1. The first-order chi connectivity index (χ1) is 22.7. The van der Waals surface area contributed by atoms with E-state index in [1.54, 1.807) is 6.21 Å². The molecular weight excluding hydrogens is 578 g/mol. The summed E-state index contributed by atoms with van der Waals surface area (Å²) in [5, 5.41) is 18.3. The lowest BCUT2D eigenvalue weighted by Crippen LogP contribution is -2.50. The number of para-hydroxylation sites is 2. The van der Waals surface area contributed by atoms with Gasteiger partial charge in [-0.2, -0.15) is 10.1 Å². The maximum Gasteiger partial charge on any atom is 0.321 e. The Balaban J connectivity index is 1.05. The molecule has 0 radical (unpaired) electrons. The molecule has 2 amide bonds. The molecule has 0 atom stereocenters. The van der Waals surface area contributed by atoms with Crippen LogP contribution in [0.1, 0.15) is 44.9 Å². The normalized spacial score (nSPS) is 16.3. The Kier molecular flexibility index (Phi) is 12.9. The van der Waals surface area contributed by atoms with E-state index >= 15 is 0 Å². The highest BCUT2D eigenvalue weighted by atomic mass is 16.2. The molecule has 12 nitrogen and oxygen atoms in total. The third-order valence-electron chi connectivity index (χ3n) is 8.52. The number of aliphatic imine (C=N–C) groups is 1. The van der Waals surface area contributed by atoms with Gasteiger partial charge in [0.05, 0.1) is 17.8 Å². The van der Waals surface area contributed by atoms with Crippen LogP contribution in [0.5, 0.6) is 0 Å².